The summed E-state index contributed by atoms with van der Waals surface area (Å²) in [5, 5.41) is 2.24. The van der Waals surface area contributed by atoms with Crippen LogP contribution in [0, 0.1) is 6.92 Å². The van der Waals surface area contributed by atoms with Crippen LogP contribution in [0.2, 0.25) is 0 Å². The molecule has 0 unspecified atom stereocenters. The average molecular weight is 414 g/mol. The molecule has 152 valence electrons. The van der Waals surface area contributed by atoms with Gasteiger partial charge in [-0.15, -0.1) is 0 Å². The van der Waals surface area contributed by atoms with E-state index >= 15 is 0 Å². The fourth-order valence-corrected chi connectivity index (χ4v) is 4.08. The maximum Gasteiger partial charge on any atom is 0.418 e. The monoisotopic (exact) mass is 414 g/mol. The van der Waals surface area contributed by atoms with Gasteiger partial charge in [0.05, 0.1) is 23.2 Å². The van der Waals surface area contributed by atoms with E-state index in [1.807, 2.05) is 0 Å². The highest BCUT2D eigenvalue weighted by Crippen LogP contribution is 2.35. The Hall–Kier alpha value is -2.55. The predicted molar refractivity (Wildman–Crippen MR) is 103 cm³/mol. The molecule has 2 rings (SSSR count). The van der Waals surface area contributed by atoms with Crippen LogP contribution in [0.1, 0.15) is 24.5 Å². The maximum atomic E-state index is 13.2. The molecule has 0 spiro atoms. The highest BCUT2D eigenvalue weighted by atomic mass is 32.2. The molecule has 1 amide bonds. The smallest absolute Gasteiger partial charge is 0.324 e. The summed E-state index contributed by atoms with van der Waals surface area (Å²) < 4.78 is 65.3. The van der Waals surface area contributed by atoms with Crippen molar-refractivity contribution in [3.8, 4) is 0 Å². The zero-order chi connectivity index (χ0) is 21.1. The van der Waals surface area contributed by atoms with Crippen molar-refractivity contribution >= 4 is 27.3 Å². The molecule has 0 radical (unpaired) electrons. The number of sulfonamides is 1. The van der Waals surface area contributed by atoms with Crippen molar-refractivity contribution in [2.75, 3.05) is 15.9 Å². The first-order valence-electron chi connectivity index (χ1n) is 8.48. The van der Waals surface area contributed by atoms with Crippen LogP contribution in [0.25, 0.3) is 0 Å². The van der Waals surface area contributed by atoms with Gasteiger partial charge in [-0.2, -0.15) is 13.2 Å². The summed E-state index contributed by atoms with van der Waals surface area (Å²) in [6, 6.07) is 9.89. The van der Waals surface area contributed by atoms with Gasteiger partial charge in [0.2, 0.25) is 15.9 Å². The van der Waals surface area contributed by atoms with Crippen LogP contribution in [0.4, 0.5) is 24.5 Å². The number of anilines is 2. The fraction of sp³-hybridized carbons (Fsp3) is 0.316. The second-order valence-electron chi connectivity index (χ2n) is 6.35. The number of alkyl halides is 3. The predicted octanol–water partition coefficient (Wildman–Crippen LogP) is 4.20. The van der Waals surface area contributed by atoms with Gasteiger partial charge < -0.3 is 5.32 Å². The third-order valence-corrected chi connectivity index (χ3v) is 5.26. The van der Waals surface area contributed by atoms with Crippen LogP contribution >= 0.6 is 0 Å². The minimum atomic E-state index is -4.65. The van der Waals surface area contributed by atoms with Gasteiger partial charge in [0.25, 0.3) is 0 Å². The Kier molecular flexibility index (Phi) is 6.38. The van der Waals surface area contributed by atoms with Crippen LogP contribution in [0.5, 0.6) is 0 Å². The lowest BCUT2D eigenvalue weighted by Gasteiger charge is -2.30. The van der Waals surface area contributed by atoms with Crippen molar-refractivity contribution < 1.29 is 26.4 Å². The molecule has 0 heterocycles. The van der Waals surface area contributed by atoms with E-state index in [-0.39, 0.29) is 12.1 Å². The third kappa shape index (κ3) is 5.03. The van der Waals surface area contributed by atoms with Crippen LogP contribution < -0.4 is 9.62 Å². The van der Waals surface area contributed by atoms with E-state index < -0.39 is 39.4 Å². The van der Waals surface area contributed by atoms with Crippen molar-refractivity contribution in [1.29, 1.82) is 0 Å². The molecule has 0 saturated heterocycles. The summed E-state index contributed by atoms with van der Waals surface area (Å²) in [5.41, 5.74) is -0.367. The summed E-state index contributed by atoms with van der Waals surface area (Å²) in [6.07, 6.45) is -3.63. The second-order valence-corrected chi connectivity index (χ2v) is 8.21. The minimum absolute atomic E-state index is 0.0705. The lowest BCUT2D eigenvalue weighted by molar-refractivity contribution is -0.137. The van der Waals surface area contributed by atoms with Gasteiger partial charge in [0.1, 0.15) is 6.04 Å². The Balaban J connectivity index is 2.44. The summed E-state index contributed by atoms with van der Waals surface area (Å²) >= 11 is 0. The molecular formula is C19H21F3N2O3S. The van der Waals surface area contributed by atoms with E-state index in [4.69, 9.17) is 0 Å². The van der Waals surface area contributed by atoms with Crippen molar-refractivity contribution in [3.05, 3.63) is 59.7 Å². The largest absolute Gasteiger partial charge is 0.418 e. The molecule has 9 heteroatoms. The summed E-state index contributed by atoms with van der Waals surface area (Å²) in [7, 11) is -3.87. The Labute approximate surface area is 162 Å². The van der Waals surface area contributed by atoms with Crippen LogP contribution in [0.15, 0.2) is 48.5 Å². The van der Waals surface area contributed by atoms with Crippen molar-refractivity contribution in [1.82, 2.24) is 0 Å². The van der Waals surface area contributed by atoms with Crippen molar-refractivity contribution in [3.63, 3.8) is 0 Å². The number of para-hydroxylation sites is 1. The van der Waals surface area contributed by atoms with Crippen molar-refractivity contribution in [2.45, 2.75) is 32.5 Å². The number of nitrogens with zero attached hydrogens (tertiary/aromatic N) is 1. The van der Waals surface area contributed by atoms with E-state index in [1.165, 1.54) is 18.2 Å². The summed E-state index contributed by atoms with van der Waals surface area (Å²) in [6.45, 7) is 3.36. The van der Waals surface area contributed by atoms with E-state index in [0.717, 1.165) is 28.3 Å². The van der Waals surface area contributed by atoms with Gasteiger partial charge in [0, 0.05) is 0 Å². The number of nitrogens with one attached hydrogen (secondary N) is 1. The molecule has 0 saturated carbocycles. The highest BCUT2D eigenvalue weighted by molar-refractivity contribution is 7.92. The van der Waals surface area contributed by atoms with E-state index in [1.54, 1.807) is 32.0 Å². The maximum absolute atomic E-state index is 13.2. The van der Waals surface area contributed by atoms with Gasteiger partial charge in [-0.25, -0.2) is 8.42 Å². The Morgan fingerprint density at radius 1 is 1.14 bits per heavy atom. The van der Waals surface area contributed by atoms with Crippen LogP contribution in [-0.2, 0) is 21.0 Å². The number of rotatable bonds is 6. The molecule has 0 aromatic heterocycles. The molecule has 0 fully saturated rings. The number of aryl methyl sites for hydroxylation is 1. The Morgan fingerprint density at radius 3 is 2.32 bits per heavy atom. The molecule has 1 N–H and O–H groups in total. The standard InChI is InChI=1S/C19H21F3N2O3S/c1-4-17(24(28(3,26)27)14-9-7-8-13(2)12-14)18(25)23-16-11-6-5-10-15(16)19(20,21)22/h5-12,17H,4H2,1-3H3,(H,23,25)/t17-/m0/s1. The Bertz CT molecular complexity index is 959. The van der Waals surface area contributed by atoms with Crippen molar-refractivity contribution in [2.24, 2.45) is 0 Å². The van der Waals surface area contributed by atoms with Gasteiger partial charge in [-0.1, -0.05) is 31.2 Å². The number of carbonyl (C=O) groups excluding carboxylic acids is 1. The number of hydrogen-bond acceptors (Lipinski definition) is 3. The Morgan fingerprint density at radius 2 is 1.79 bits per heavy atom. The number of amides is 1. The molecule has 0 aliphatic rings. The van der Waals surface area contributed by atoms with E-state index in [0.29, 0.717) is 0 Å². The molecule has 0 aliphatic heterocycles. The normalized spacial score (nSPS) is 13.1. The second kappa shape index (κ2) is 8.22. The molecule has 1 atom stereocenters. The zero-order valence-corrected chi connectivity index (χ0v) is 16.4. The molecule has 2 aromatic carbocycles. The van der Waals surface area contributed by atoms with Gasteiger partial charge >= 0.3 is 6.18 Å². The number of carbonyl (C=O) groups is 1. The average Bonchev–Trinajstić information content (AvgIpc) is 2.57. The number of benzene rings is 2. The van der Waals surface area contributed by atoms with Crippen LogP contribution in [-0.4, -0.2) is 26.6 Å². The zero-order valence-electron chi connectivity index (χ0n) is 15.6. The minimum Gasteiger partial charge on any atom is -0.324 e. The quantitative estimate of drug-likeness (QED) is 0.771. The van der Waals surface area contributed by atoms with Gasteiger partial charge in [-0.3, -0.25) is 9.10 Å². The van der Waals surface area contributed by atoms with Gasteiger partial charge in [-0.05, 0) is 43.2 Å². The molecule has 0 aliphatic carbocycles. The highest BCUT2D eigenvalue weighted by Gasteiger charge is 2.36. The third-order valence-electron chi connectivity index (χ3n) is 4.08. The molecule has 28 heavy (non-hydrogen) atoms. The topological polar surface area (TPSA) is 66.5 Å². The van der Waals surface area contributed by atoms with E-state index in [2.05, 4.69) is 5.32 Å². The number of halogens is 3. The van der Waals surface area contributed by atoms with Gasteiger partial charge in [0.15, 0.2) is 0 Å². The molecule has 0 bridgehead atoms. The molecule has 5 nitrogen and oxygen atoms in total. The SMILES string of the molecule is CC[C@@H](C(=O)Nc1ccccc1C(F)(F)F)N(c1cccc(C)c1)S(C)(=O)=O. The first-order valence-corrected chi connectivity index (χ1v) is 10.3. The van der Waals surface area contributed by atoms with E-state index in [9.17, 15) is 26.4 Å². The first-order chi connectivity index (χ1) is 12.9. The molecule has 2 aromatic rings. The molecular weight excluding hydrogens is 393 g/mol. The lowest BCUT2D eigenvalue weighted by Crippen LogP contribution is -2.47. The summed E-state index contributed by atoms with van der Waals surface area (Å²) in [5.74, 6) is -0.842. The first kappa shape index (κ1) is 21.7. The fourth-order valence-electron chi connectivity index (χ4n) is 2.88. The summed E-state index contributed by atoms with van der Waals surface area (Å²) in [4.78, 5) is 12.8. The van der Waals surface area contributed by atoms with Crippen LogP contribution in [0.3, 0.4) is 0 Å². The lowest BCUT2D eigenvalue weighted by atomic mass is 10.1. The number of hydrogen-bond donors (Lipinski definition) is 1.